The Hall–Kier alpha value is -2.33. The third kappa shape index (κ3) is 3.34. The van der Waals surface area contributed by atoms with Crippen LogP contribution in [0.3, 0.4) is 0 Å². The molecule has 0 bridgehead atoms. The molecular weight excluding hydrogens is 336 g/mol. The molecule has 1 aliphatic heterocycles. The Kier molecular flexibility index (Phi) is 4.92. The van der Waals surface area contributed by atoms with Crippen LogP contribution in [0.25, 0.3) is 11.1 Å². The first-order valence-electron chi connectivity index (χ1n) is 10.0. The van der Waals surface area contributed by atoms with Crippen molar-refractivity contribution in [3.63, 3.8) is 0 Å². The van der Waals surface area contributed by atoms with E-state index >= 15 is 0 Å². The van der Waals surface area contributed by atoms with Crippen LogP contribution in [0.4, 0.5) is 4.79 Å². The Morgan fingerprint density at radius 1 is 1.22 bits per heavy atom. The van der Waals surface area contributed by atoms with Gasteiger partial charge in [0.1, 0.15) is 5.75 Å². The van der Waals surface area contributed by atoms with Gasteiger partial charge in [-0.2, -0.15) is 0 Å². The molecule has 1 aliphatic carbocycles. The number of carbonyl (C=O) groups excluding carboxylic acids is 1. The van der Waals surface area contributed by atoms with Gasteiger partial charge in [0.15, 0.2) is 0 Å². The molecule has 142 valence electrons. The van der Waals surface area contributed by atoms with Gasteiger partial charge in [0.2, 0.25) is 0 Å². The smallest absolute Gasteiger partial charge is 0.410 e. The van der Waals surface area contributed by atoms with E-state index in [1.807, 2.05) is 26.0 Å². The molecule has 0 saturated heterocycles. The van der Waals surface area contributed by atoms with Crippen molar-refractivity contribution in [3.8, 4) is 16.9 Å². The summed E-state index contributed by atoms with van der Waals surface area (Å²) >= 11 is 0. The molecule has 1 heterocycles. The summed E-state index contributed by atoms with van der Waals surface area (Å²) in [4.78, 5) is 14.8. The molecule has 0 fully saturated rings. The van der Waals surface area contributed by atoms with Crippen molar-refractivity contribution in [2.45, 2.75) is 52.1 Å². The summed E-state index contributed by atoms with van der Waals surface area (Å²) in [6.07, 6.45) is 2.84. The summed E-state index contributed by atoms with van der Waals surface area (Å²) in [5, 5.41) is 2.82. The minimum Gasteiger partial charge on any atom is -0.410 e. The SMILES string of the molecule is CCCN1CCc2cccc3c2C1Cc1cccc(OC(=O)NC(C)C)c1-3. The molecule has 4 heteroatoms. The third-order valence-electron chi connectivity index (χ3n) is 5.55. The first kappa shape index (κ1) is 18.1. The fourth-order valence-electron chi connectivity index (χ4n) is 4.54. The molecule has 1 N–H and O–H groups in total. The van der Waals surface area contributed by atoms with Gasteiger partial charge < -0.3 is 10.1 Å². The Labute approximate surface area is 161 Å². The second-order valence-corrected chi connectivity index (χ2v) is 7.86. The lowest BCUT2D eigenvalue weighted by atomic mass is 9.77. The fraction of sp³-hybridized carbons (Fsp3) is 0.435. The number of ether oxygens (including phenoxy) is 1. The van der Waals surface area contributed by atoms with E-state index in [-0.39, 0.29) is 6.04 Å². The summed E-state index contributed by atoms with van der Waals surface area (Å²) in [5.74, 6) is 0.658. The molecule has 2 aromatic rings. The number of nitrogens with zero attached hydrogens (tertiary/aromatic N) is 1. The van der Waals surface area contributed by atoms with Crippen LogP contribution in [0.5, 0.6) is 5.75 Å². The number of hydrogen-bond acceptors (Lipinski definition) is 3. The average Bonchev–Trinajstić information content (AvgIpc) is 2.63. The van der Waals surface area contributed by atoms with Gasteiger partial charge in [-0.05, 0) is 68.0 Å². The van der Waals surface area contributed by atoms with E-state index in [2.05, 4.69) is 41.4 Å². The van der Waals surface area contributed by atoms with Crippen LogP contribution in [-0.4, -0.2) is 30.1 Å². The highest BCUT2D eigenvalue weighted by atomic mass is 16.6. The maximum atomic E-state index is 12.2. The molecule has 0 aromatic heterocycles. The maximum absolute atomic E-state index is 12.2. The number of carbonyl (C=O) groups is 1. The zero-order valence-electron chi connectivity index (χ0n) is 16.4. The zero-order valence-corrected chi connectivity index (χ0v) is 16.4. The van der Waals surface area contributed by atoms with Crippen LogP contribution in [0.1, 0.15) is 49.9 Å². The summed E-state index contributed by atoms with van der Waals surface area (Å²) in [5.41, 5.74) is 6.46. The molecule has 4 rings (SSSR count). The van der Waals surface area contributed by atoms with Crippen molar-refractivity contribution >= 4 is 6.09 Å². The van der Waals surface area contributed by atoms with E-state index < -0.39 is 6.09 Å². The topological polar surface area (TPSA) is 41.6 Å². The number of benzene rings is 2. The molecular formula is C23H28N2O2. The highest BCUT2D eigenvalue weighted by Crippen LogP contribution is 2.48. The summed E-state index contributed by atoms with van der Waals surface area (Å²) < 4.78 is 5.72. The standard InChI is InChI=1S/C23H28N2O2/c1-4-12-25-13-11-16-7-5-9-18-21(16)19(25)14-17-8-6-10-20(22(17)18)27-23(26)24-15(2)3/h5-10,15,19H,4,11-14H2,1-3H3,(H,24,26). The molecule has 2 aromatic carbocycles. The third-order valence-corrected chi connectivity index (χ3v) is 5.55. The molecule has 27 heavy (non-hydrogen) atoms. The van der Waals surface area contributed by atoms with Crippen LogP contribution in [0, 0.1) is 0 Å². The molecule has 1 atom stereocenters. The monoisotopic (exact) mass is 364 g/mol. The van der Waals surface area contributed by atoms with Gasteiger partial charge >= 0.3 is 6.09 Å². The van der Waals surface area contributed by atoms with E-state index in [9.17, 15) is 4.79 Å². The van der Waals surface area contributed by atoms with E-state index in [0.717, 1.165) is 31.5 Å². The van der Waals surface area contributed by atoms with E-state index in [4.69, 9.17) is 4.74 Å². The van der Waals surface area contributed by atoms with E-state index in [0.29, 0.717) is 11.8 Å². The lowest BCUT2D eigenvalue weighted by molar-refractivity contribution is 0.182. The largest absolute Gasteiger partial charge is 0.412 e. The van der Waals surface area contributed by atoms with Crippen molar-refractivity contribution < 1.29 is 9.53 Å². The molecule has 2 aliphatic rings. The number of rotatable bonds is 4. The lowest BCUT2D eigenvalue weighted by Gasteiger charge is -2.41. The average molecular weight is 364 g/mol. The predicted molar refractivity (Wildman–Crippen MR) is 108 cm³/mol. The van der Waals surface area contributed by atoms with E-state index in [1.165, 1.54) is 28.7 Å². The number of hydrogen-bond donors (Lipinski definition) is 1. The first-order chi connectivity index (χ1) is 13.1. The number of amides is 1. The highest BCUT2D eigenvalue weighted by molar-refractivity contribution is 5.83. The fourth-order valence-corrected chi connectivity index (χ4v) is 4.54. The zero-order chi connectivity index (χ0) is 19.0. The van der Waals surface area contributed by atoms with Gasteiger partial charge in [-0.3, -0.25) is 4.90 Å². The Morgan fingerprint density at radius 3 is 2.78 bits per heavy atom. The summed E-state index contributed by atoms with van der Waals surface area (Å²) in [7, 11) is 0. The second kappa shape index (κ2) is 7.35. The van der Waals surface area contributed by atoms with Crippen LogP contribution in [0.15, 0.2) is 36.4 Å². The van der Waals surface area contributed by atoms with Crippen LogP contribution < -0.4 is 10.1 Å². The minimum atomic E-state index is -0.391. The normalized spacial score (nSPS) is 18.0. The second-order valence-electron chi connectivity index (χ2n) is 7.86. The Morgan fingerprint density at radius 2 is 2.00 bits per heavy atom. The van der Waals surface area contributed by atoms with Crippen molar-refractivity contribution in [2.24, 2.45) is 0 Å². The van der Waals surface area contributed by atoms with Gasteiger partial charge in [0.25, 0.3) is 0 Å². The number of fused-ring (bicyclic) bond motifs is 2. The van der Waals surface area contributed by atoms with Gasteiger partial charge in [-0.15, -0.1) is 0 Å². The minimum absolute atomic E-state index is 0.0495. The molecule has 0 saturated carbocycles. The summed E-state index contributed by atoms with van der Waals surface area (Å²) in [6.45, 7) is 8.36. The molecule has 1 amide bonds. The van der Waals surface area contributed by atoms with Crippen molar-refractivity contribution in [3.05, 3.63) is 53.1 Å². The van der Waals surface area contributed by atoms with Crippen molar-refractivity contribution in [1.29, 1.82) is 0 Å². The van der Waals surface area contributed by atoms with Crippen LogP contribution in [0.2, 0.25) is 0 Å². The quantitative estimate of drug-likeness (QED) is 0.854. The van der Waals surface area contributed by atoms with Gasteiger partial charge in [-0.1, -0.05) is 37.3 Å². The van der Waals surface area contributed by atoms with Gasteiger partial charge in [0.05, 0.1) is 0 Å². The molecule has 4 nitrogen and oxygen atoms in total. The Balaban J connectivity index is 1.78. The first-order valence-corrected chi connectivity index (χ1v) is 10.0. The molecule has 0 spiro atoms. The van der Waals surface area contributed by atoms with Crippen molar-refractivity contribution in [2.75, 3.05) is 13.1 Å². The highest BCUT2D eigenvalue weighted by Gasteiger charge is 2.35. The van der Waals surface area contributed by atoms with E-state index in [1.54, 1.807) is 0 Å². The van der Waals surface area contributed by atoms with Crippen LogP contribution >= 0.6 is 0 Å². The lowest BCUT2D eigenvalue weighted by Crippen LogP contribution is -2.39. The number of nitrogens with one attached hydrogen (secondary N) is 1. The summed E-state index contributed by atoms with van der Waals surface area (Å²) in [6, 6.07) is 13.1. The van der Waals surface area contributed by atoms with Gasteiger partial charge in [-0.25, -0.2) is 4.79 Å². The van der Waals surface area contributed by atoms with Crippen molar-refractivity contribution in [1.82, 2.24) is 10.2 Å². The Bertz CT molecular complexity index is 859. The molecule has 1 unspecified atom stereocenters. The van der Waals surface area contributed by atoms with Gasteiger partial charge in [0, 0.05) is 24.2 Å². The molecule has 0 radical (unpaired) electrons. The predicted octanol–water partition coefficient (Wildman–Crippen LogP) is 4.72. The van der Waals surface area contributed by atoms with Crippen LogP contribution in [-0.2, 0) is 12.8 Å². The maximum Gasteiger partial charge on any atom is 0.412 e.